The van der Waals surface area contributed by atoms with E-state index in [9.17, 15) is 9.59 Å². The topological polar surface area (TPSA) is 84.2 Å². The molecule has 3 aromatic rings. The average molecular weight is 445 g/mol. The van der Waals surface area contributed by atoms with Crippen molar-refractivity contribution < 1.29 is 9.59 Å². The Morgan fingerprint density at radius 3 is 2.73 bits per heavy atom. The molecular weight excluding hydrogens is 416 g/mol. The van der Waals surface area contributed by atoms with E-state index >= 15 is 0 Å². The molecule has 2 aliphatic rings. The first kappa shape index (κ1) is 21.3. The van der Waals surface area contributed by atoms with Crippen LogP contribution in [-0.4, -0.2) is 42.8 Å². The van der Waals surface area contributed by atoms with Gasteiger partial charge in [0.25, 0.3) is 0 Å². The minimum Gasteiger partial charge on any atom is -0.335 e. The summed E-state index contributed by atoms with van der Waals surface area (Å²) in [6, 6.07) is 9.79. The van der Waals surface area contributed by atoms with Crippen molar-refractivity contribution in [2.24, 2.45) is 0 Å². The van der Waals surface area contributed by atoms with Crippen molar-refractivity contribution >= 4 is 17.6 Å². The predicted molar refractivity (Wildman–Crippen MR) is 123 cm³/mol. The Bertz CT molecular complexity index is 1190. The molecule has 1 saturated heterocycles. The highest BCUT2D eigenvalue weighted by Gasteiger charge is 2.36. The number of aromatic nitrogens is 4. The molecule has 2 aliphatic heterocycles. The molecule has 5 rings (SSSR count). The van der Waals surface area contributed by atoms with Gasteiger partial charge in [0.15, 0.2) is 5.82 Å². The van der Waals surface area contributed by atoms with Crippen molar-refractivity contribution in [2.75, 3.05) is 11.4 Å². The number of anilines is 1. The van der Waals surface area contributed by atoms with Crippen LogP contribution in [0.4, 0.5) is 5.82 Å². The van der Waals surface area contributed by atoms with Crippen LogP contribution < -0.4 is 4.90 Å². The molecule has 4 heterocycles. The van der Waals surface area contributed by atoms with Gasteiger partial charge in [-0.25, -0.2) is 15.0 Å². The van der Waals surface area contributed by atoms with Crippen LogP contribution in [0.2, 0.25) is 0 Å². The van der Waals surface area contributed by atoms with E-state index in [0.717, 1.165) is 35.5 Å². The van der Waals surface area contributed by atoms with Gasteiger partial charge in [-0.2, -0.15) is 0 Å². The highest BCUT2D eigenvalue weighted by atomic mass is 16.2. The number of likely N-dealkylation sites (tertiary alicyclic amines) is 1. The number of fused-ring (bicyclic) bond motifs is 1. The number of hydrogen-bond donors (Lipinski definition) is 0. The average Bonchev–Trinajstić information content (AvgIpc) is 3.53. The quantitative estimate of drug-likeness (QED) is 0.583. The van der Waals surface area contributed by atoms with Crippen LogP contribution in [0.15, 0.2) is 42.7 Å². The largest absolute Gasteiger partial charge is 0.335 e. The third-order valence-corrected chi connectivity index (χ3v) is 6.64. The van der Waals surface area contributed by atoms with E-state index in [4.69, 9.17) is 9.97 Å². The second kappa shape index (κ2) is 8.77. The Labute approximate surface area is 193 Å². The third-order valence-electron chi connectivity index (χ3n) is 6.64. The number of imidazole rings is 1. The molecule has 170 valence electrons. The van der Waals surface area contributed by atoms with Crippen LogP contribution in [0.5, 0.6) is 0 Å². The molecule has 8 heteroatoms. The molecule has 2 aromatic heterocycles. The summed E-state index contributed by atoms with van der Waals surface area (Å²) in [6.07, 6.45) is 6.15. The van der Waals surface area contributed by atoms with Crippen LogP contribution in [0.25, 0.3) is 0 Å². The molecule has 1 atom stereocenters. The van der Waals surface area contributed by atoms with Crippen molar-refractivity contribution in [1.82, 2.24) is 24.4 Å². The molecule has 8 nitrogen and oxygen atoms in total. The number of carbonyl (C=O) groups excluding carboxylic acids is 2. The van der Waals surface area contributed by atoms with Crippen LogP contribution in [0, 0.1) is 13.8 Å². The van der Waals surface area contributed by atoms with E-state index < -0.39 is 0 Å². The molecule has 2 amide bonds. The zero-order valence-electron chi connectivity index (χ0n) is 19.1. The molecule has 1 unspecified atom stereocenters. The molecular formula is C25H28N6O2. The van der Waals surface area contributed by atoms with E-state index in [1.165, 1.54) is 0 Å². The summed E-state index contributed by atoms with van der Waals surface area (Å²) in [5.41, 5.74) is 2.78. The van der Waals surface area contributed by atoms with Crippen molar-refractivity contribution in [3.05, 3.63) is 71.2 Å². The summed E-state index contributed by atoms with van der Waals surface area (Å²) >= 11 is 0. The van der Waals surface area contributed by atoms with Crippen molar-refractivity contribution in [3.63, 3.8) is 0 Å². The fourth-order valence-electron chi connectivity index (χ4n) is 4.81. The fraction of sp³-hybridized carbons (Fsp3) is 0.400. The van der Waals surface area contributed by atoms with Gasteiger partial charge < -0.3 is 9.47 Å². The third kappa shape index (κ3) is 4.13. The van der Waals surface area contributed by atoms with Crippen LogP contribution in [0.3, 0.4) is 0 Å². The van der Waals surface area contributed by atoms with Crippen LogP contribution in [-0.2, 0) is 29.1 Å². The molecule has 0 spiro atoms. The summed E-state index contributed by atoms with van der Waals surface area (Å²) in [5, 5.41) is 0. The van der Waals surface area contributed by atoms with Crippen molar-refractivity contribution in [3.8, 4) is 0 Å². The van der Waals surface area contributed by atoms with E-state index in [0.29, 0.717) is 44.1 Å². The van der Waals surface area contributed by atoms with Gasteiger partial charge in [0, 0.05) is 43.2 Å². The van der Waals surface area contributed by atoms with Gasteiger partial charge in [-0.15, -0.1) is 0 Å². The lowest BCUT2D eigenvalue weighted by Crippen LogP contribution is -2.32. The second-order valence-electron chi connectivity index (χ2n) is 8.77. The number of aryl methyl sites for hydroxylation is 3. The summed E-state index contributed by atoms with van der Waals surface area (Å²) < 4.78 is 1.99. The summed E-state index contributed by atoms with van der Waals surface area (Å²) in [5.74, 6) is 2.38. The van der Waals surface area contributed by atoms with Gasteiger partial charge in [0.05, 0.1) is 19.0 Å². The standard InChI is InChI=1S/C25H28N6O2/c1-17-20-15-23(33)31(16-19-7-4-3-5-8-19)25(20)28-24(27-17)21-9-6-12-30(21)22(32)10-13-29-14-11-26-18(29)2/h3-5,7-8,11,14,21H,6,9-10,12-13,15-16H2,1-2H3. The van der Waals surface area contributed by atoms with E-state index in [2.05, 4.69) is 4.98 Å². The van der Waals surface area contributed by atoms with Gasteiger partial charge in [-0.05, 0) is 32.3 Å². The minimum absolute atomic E-state index is 0.0402. The fourth-order valence-corrected chi connectivity index (χ4v) is 4.81. The number of nitrogens with zero attached hydrogens (tertiary/aromatic N) is 6. The maximum Gasteiger partial charge on any atom is 0.233 e. The molecule has 0 saturated carbocycles. The van der Waals surface area contributed by atoms with Crippen molar-refractivity contribution in [1.29, 1.82) is 0 Å². The monoisotopic (exact) mass is 444 g/mol. The van der Waals surface area contributed by atoms with Gasteiger partial charge in [0.2, 0.25) is 11.8 Å². The first-order chi connectivity index (χ1) is 16.0. The summed E-state index contributed by atoms with van der Waals surface area (Å²) in [4.78, 5) is 43.4. The first-order valence-electron chi connectivity index (χ1n) is 11.5. The van der Waals surface area contributed by atoms with E-state index in [1.807, 2.05) is 59.8 Å². The van der Waals surface area contributed by atoms with E-state index in [1.54, 1.807) is 11.1 Å². The maximum absolute atomic E-state index is 13.1. The summed E-state index contributed by atoms with van der Waals surface area (Å²) in [7, 11) is 0. The lowest BCUT2D eigenvalue weighted by molar-refractivity contribution is -0.132. The number of carbonyl (C=O) groups is 2. The van der Waals surface area contributed by atoms with Crippen LogP contribution >= 0.6 is 0 Å². The Morgan fingerprint density at radius 1 is 1.15 bits per heavy atom. The smallest absolute Gasteiger partial charge is 0.233 e. The Kier molecular flexibility index (Phi) is 5.66. The first-order valence-corrected chi connectivity index (χ1v) is 11.5. The van der Waals surface area contributed by atoms with Crippen LogP contribution in [0.1, 0.15) is 53.8 Å². The minimum atomic E-state index is -0.153. The molecule has 33 heavy (non-hydrogen) atoms. The van der Waals surface area contributed by atoms with Gasteiger partial charge in [-0.3, -0.25) is 14.5 Å². The van der Waals surface area contributed by atoms with Gasteiger partial charge in [0.1, 0.15) is 11.6 Å². The maximum atomic E-state index is 13.1. The Morgan fingerprint density at radius 2 is 1.97 bits per heavy atom. The zero-order chi connectivity index (χ0) is 22.9. The van der Waals surface area contributed by atoms with Crippen molar-refractivity contribution in [2.45, 2.75) is 58.7 Å². The van der Waals surface area contributed by atoms with Gasteiger partial charge >= 0.3 is 0 Å². The zero-order valence-corrected chi connectivity index (χ0v) is 19.1. The Hall–Kier alpha value is -3.55. The lowest BCUT2D eigenvalue weighted by Gasteiger charge is -2.25. The predicted octanol–water partition coefficient (Wildman–Crippen LogP) is 3.13. The molecule has 0 aliphatic carbocycles. The normalized spacial score (nSPS) is 17.6. The molecule has 1 fully saturated rings. The highest BCUT2D eigenvalue weighted by molar-refractivity contribution is 6.00. The number of rotatable bonds is 6. The molecule has 0 radical (unpaired) electrons. The van der Waals surface area contributed by atoms with E-state index in [-0.39, 0.29) is 17.9 Å². The van der Waals surface area contributed by atoms with Gasteiger partial charge in [-0.1, -0.05) is 30.3 Å². The highest BCUT2D eigenvalue weighted by Crippen LogP contribution is 2.35. The Balaban J connectivity index is 1.38. The molecule has 1 aromatic carbocycles. The lowest BCUT2D eigenvalue weighted by atomic mass is 10.1. The number of benzene rings is 1. The molecule has 0 N–H and O–H groups in total. The summed E-state index contributed by atoms with van der Waals surface area (Å²) in [6.45, 7) is 5.68. The number of hydrogen-bond acceptors (Lipinski definition) is 5. The molecule has 0 bridgehead atoms. The number of amides is 2. The SMILES string of the molecule is Cc1nc(C2CCCN2C(=O)CCn2ccnc2C)nc2c1CC(=O)N2Cc1ccccc1. The second-order valence-corrected chi connectivity index (χ2v) is 8.77.